The van der Waals surface area contributed by atoms with Gasteiger partial charge in [0.2, 0.25) is 0 Å². The van der Waals surface area contributed by atoms with Gasteiger partial charge in [0.15, 0.2) is 0 Å². The first kappa shape index (κ1) is 34.3. The van der Waals surface area contributed by atoms with Crippen LogP contribution in [0.15, 0.2) is 66.7 Å². The lowest BCUT2D eigenvalue weighted by Gasteiger charge is -2.19. The highest BCUT2D eigenvalue weighted by Crippen LogP contribution is 2.30. The van der Waals surface area contributed by atoms with Crippen LogP contribution in [-0.2, 0) is 17.6 Å². The van der Waals surface area contributed by atoms with Crippen LogP contribution in [0.5, 0.6) is 11.5 Å². The molecule has 0 atom stereocenters. The van der Waals surface area contributed by atoms with Gasteiger partial charge in [0.25, 0.3) is 0 Å². The van der Waals surface area contributed by atoms with E-state index < -0.39 is 0 Å². The summed E-state index contributed by atoms with van der Waals surface area (Å²) >= 11 is 5.94. The molecule has 0 saturated carbocycles. The Morgan fingerprint density at radius 1 is 0.780 bits per heavy atom. The van der Waals surface area contributed by atoms with Crippen LogP contribution in [0.4, 0.5) is 11.4 Å². The second-order valence-corrected chi connectivity index (χ2v) is 10.3. The molecule has 0 bridgehead atoms. The zero-order valence-corrected chi connectivity index (χ0v) is 26.2. The van der Waals surface area contributed by atoms with E-state index in [0.29, 0.717) is 13.2 Å². The van der Waals surface area contributed by atoms with E-state index in [1.807, 2.05) is 54.6 Å². The molecule has 0 saturated heterocycles. The van der Waals surface area contributed by atoms with Crippen molar-refractivity contribution in [2.75, 3.05) is 64.2 Å². The largest absolute Gasteiger partial charge is 0.493 e. The van der Waals surface area contributed by atoms with Crippen molar-refractivity contribution in [3.8, 4) is 11.5 Å². The highest BCUT2D eigenvalue weighted by atomic mass is 35.5. The fourth-order valence-electron chi connectivity index (χ4n) is 4.27. The van der Waals surface area contributed by atoms with Crippen LogP contribution >= 0.6 is 11.6 Å². The topological polar surface area (TPSA) is 69.0 Å². The first-order valence-electron chi connectivity index (χ1n) is 14.9. The van der Waals surface area contributed by atoms with Crippen LogP contribution in [0, 0.1) is 0 Å². The van der Waals surface area contributed by atoms with E-state index >= 15 is 0 Å². The Balaban J connectivity index is 0.00000108. The Morgan fingerprint density at radius 3 is 2.10 bits per heavy atom. The highest BCUT2D eigenvalue weighted by Gasteiger charge is 2.08. The molecule has 0 fully saturated rings. The molecule has 0 unspecified atom stereocenters. The first-order valence-corrected chi connectivity index (χ1v) is 15.3. The number of nitrogens with two attached hydrogens (primary N) is 1. The standard InChI is InChI=1S/C30H40ClN3O2.C4H10O/c1-3-34(4-2)21-7-22-36-29-10-5-9-28(32)30(29)33-20-6-8-24-13-17-27(18-14-24)35-23-19-25-11-15-26(31)16-12-25;1-3-4-5-2/h5,9-18,33H,3-4,6-8,19-23,32H2,1-2H3;3-4H2,1-2H3. The van der Waals surface area contributed by atoms with Crippen LogP contribution < -0.4 is 20.5 Å². The van der Waals surface area contributed by atoms with Crippen molar-refractivity contribution >= 4 is 23.0 Å². The van der Waals surface area contributed by atoms with Gasteiger partial charge in [0.05, 0.1) is 18.9 Å². The van der Waals surface area contributed by atoms with Crippen LogP contribution in [0.25, 0.3) is 0 Å². The van der Waals surface area contributed by atoms with Crippen molar-refractivity contribution in [2.24, 2.45) is 0 Å². The molecule has 226 valence electrons. The van der Waals surface area contributed by atoms with E-state index in [0.717, 1.165) is 92.8 Å². The molecular formula is C34H50ClN3O3. The molecule has 0 aromatic heterocycles. The average Bonchev–Trinajstić information content (AvgIpc) is 2.99. The van der Waals surface area contributed by atoms with Gasteiger partial charge in [-0.15, -0.1) is 0 Å². The molecule has 41 heavy (non-hydrogen) atoms. The minimum atomic E-state index is 0.642. The van der Waals surface area contributed by atoms with Crippen molar-refractivity contribution in [3.63, 3.8) is 0 Å². The van der Waals surface area contributed by atoms with Crippen LogP contribution in [0.1, 0.15) is 51.2 Å². The average molecular weight is 584 g/mol. The molecule has 3 aromatic carbocycles. The third-order valence-corrected chi connectivity index (χ3v) is 6.93. The number of benzene rings is 3. The molecule has 0 spiro atoms. The number of nitrogens with one attached hydrogen (secondary N) is 1. The molecule has 0 aliphatic carbocycles. The van der Waals surface area contributed by atoms with Crippen molar-refractivity contribution in [1.82, 2.24) is 4.90 Å². The van der Waals surface area contributed by atoms with E-state index in [1.165, 1.54) is 11.1 Å². The predicted molar refractivity (Wildman–Crippen MR) is 175 cm³/mol. The molecule has 0 aliphatic rings. The highest BCUT2D eigenvalue weighted by molar-refractivity contribution is 6.30. The number of rotatable bonds is 18. The summed E-state index contributed by atoms with van der Waals surface area (Å²) in [6, 6.07) is 22.1. The number of nitrogens with zero attached hydrogens (tertiary/aromatic N) is 1. The maximum Gasteiger partial charge on any atom is 0.144 e. The van der Waals surface area contributed by atoms with Gasteiger partial charge in [0.1, 0.15) is 17.2 Å². The number of halogens is 1. The Kier molecular flexibility index (Phi) is 17.4. The summed E-state index contributed by atoms with van der Waals surface area (Å²) in [4.78, 5) is 2.40. The van der Waals surface area contributed by atoms with Gasteiger partial charge in [-0.25, -0.2) is 0 Å². The van der Waals surface area contributed by atoms with Crippen LogP contribution in [-0.4, -0.2) is 58.0 Å². The van der Waals surface area contributed by atoms with Gasteiger partial charge in [-0.05, 0) is 86.3 Å². The first-order chi connectivity index (χ1) is 20.0. The number of hydrogen-bond donors (Lipinski definition) is 2. The SMILES string of the molecule is CCCOC.CCN(CC)CCCOc1cccc(N)c1NCCCc1ccc(OCCc2ccc(Cl)cc2)cc1. The van der Waals surface area contributed by atoms with Crippen molar-refractivity contribution in [2.45, 2.75) is 52.9 Å². The van der Waals surface area contributed by atoms with Gasteiger partial charge in [0, 0.05) is 38.2 Å². The van der Waals surface area contributed by atoms with E-state index in [-0.39, 0.29) is 0 Å². The molecule has 7 heteroatoms. The monoisotopic (exact) mass is 583 g/mol. The molecule has 3 rings (SSSR count). The van der Waals surface area contributed by atoms with Crippen molar-refractivity contribution < 1.29 is 14.2 Å². The van der Waals surface area contributed by atoms with E-state index in [9.17, 15) is 0 Å². The third-order valence-electron chi connectivity index (χ3n) is 6.68. The third kappa shape index (κ3) is 14.0. The minimum absolute atomic E-state index is 0.642. The molecule has 0 radical (unpaired) electrons. The van der Waals surface area contributed by atoms with Gasteiger partial charge < -0.3 is 30.2 Å². The lowest BCUT2D eigenvalue weighted by Crippen LogP contribution is -2.25. The Labute approximate surface area is 253 Å². The minimum Gasteiger partial charge on any atom is -0.493 e. The number of ether oxygens (including phenoxy) is 3. The Bertz CT molecular complexity index is 1070. The summed E-state index contributed by atoms with van der Waals surface area (Å²) in [5.74, 6) is 1.72. The van der Waals surface area contributed by atoms with Gasteiger partial charge >= 0.3 is 0 Å². The number of hydrogen-bond acceptors (Lipinski definition) is 6. The number of para-hydroxylation sites is 1. The fourth-order valence-corrected chi connectivity index (χ4v) is 4.39. The smallest absolute Gasteiger partial charge is 0.144 e. The summed E-state index contributed by atoms with van der Waals surface area (Å²) in [6.07, 6.45) is 4.94. The number of aryl methyl sites for hydroxylation is 1. The summed E-state index contributed by atoms with van der Waals surface area (Å²) in [5, 5.41) is 4.25. The van der Waals surface area contributed by atoms with E-state index in [4.69, 9.17) is 31.5 Å². The Morgan fingerprint density at radius 2 is 1.46 bits per heavy atom. The summed E-state index contributed by atoms with van der Waals surface area (Å²) in [6.45, 7) is 12.7. The fraction of sp³-hybridized carbons (Fsp3) is 0.471. The van der Waals surface area contributed by atoms with E-state index in [2.05, 4.69) is 43.1 Å². The lowest BCUT2D eigenvalue weighted by atomic mass is 10.1. The summed E-state index contributed by atoms with van der Waals surface area (Å²) < 4.78 is 16.6. The zero-order chi connectivity index (χ0) is 29.7. The molecule has 0 amide bonds. The lowest BCUT2D eigenvalue weighted by molar-refractivity contribution is 0.199. The molecule has 3 N–H and O–H groups in total. The summed E-state index contributed by atoms with van der Waals surface area (Å²) in [7, 11) is 1.71. The molecule has 0 heterocycles. The number of methoxy groups -OCH3 is 1. The van der Waals surface area contributed by atoms with Crippen LogP contribution in [0.3, 0.4) is 0 Å². The molecule has 6 nitrogen and oxygen atoms in total. The van der Waals surface area contributed by atoms with Gasteiger partial charge in [-0.2, -0.15) is 0 Å². The number of nitrogen functional groups attached to an aromatic ring is 1. The van der Waals surface area contributed by atoms with Crippen molar-refractivity contribution in [1.29, 1.82) is 0 Å². The molecule has 3 aromatic rings. The second-order valence-electron chi connectivity index (χ2n) is 9.84. The quantitative estimate of drug-likeness (QED) is 0.118. The van der Waals surface area contributed by atoms with E-state index in [1.54, 1.807) is 7.11 Å². The summed E-state index contributed by atoms with van der Waals surface area (Å²) in [5.41, 5.74) is 10.4. The van der Waals surface area contributed by atoms with Gasteiger partial charge in [-0.3, -0.25) is 0 Å². The zero-order valence-electron chi connectivity index (χ0n) is 25.5. The predicted octanol–water partition coefficient (Wildman–Crippen LogP) is 7.74. The molecular weight excluding hydrogens is 534 g/mol. The maximum absolute atomic E-state index is 6.24. The van der Waals surface area contributed by atoms with Gasteiger partial charge in [-0.1, -0.05) is 62.7 Å². The normalized spacial score (nSPS) is 10.7. The Hall–Kier alpha value is -2.93. The number of anilines is 2. The molecule has 0 aliphatic heterocycles. The van der Waals surface area contributed by atoms with Crippen LogP contribution in [0.2, 0.25) is 5.02 Å². The maximum atomic E-state index is 6.24. The van der Waals surface area contributed by atoms with Crippen molar-refractivity contribution in [3.05, 3.63) is 82.9 Å². The second kappa shape index (κ2) is 20.9.